The lowest BCUT2D eigenvalue weighted by atomic mass is 9.73. The summed E-state index contributed by atoms with van der Waals surface area (Å²) in [4.78, 5) is 20.6. The Kier molecular flexibility index (Phi) is 10.0. The van der Waals surface area contributed by atoms with E-state index in [1.165, 1.54) is 17.7 Å². The third kappa shape index (κ3) is 7.11. The topological polar surface area (TPSA) is 98.1 Å². The van der Waals surface area contributed by atoms with Crippen molar-refractivity contribution >= 4 is 11.9 Å². The van der Waals surface area contributed by atoms with Crippen LogP contribution in [0.15, 0.2) is 48.5 Å². The van der Waals surface area contributed by atoms with Crippen LogP contribution in [0.1, 0.15) is 62.1 Å². The number of hydrogen-bond acceptors (Lipinski definition) is 4. The molecule has 0 radical (unpaired) electrons. The number of benzene rings is 2. The van der Waals surface area contributed by atoms with E-state index >= 15 is 0 Å². The molecular weight excluding hydrogens is 425 g/mol. The second kappa shape index (κ2) is 12.5. The molecular formula is C26H34FNO5. The summed E-state index contributed by atoms with van der Waals surface area (Å²) in [5.41, 5.74) is 2.46. The van der Waals surface area contributed by atoms with Crippen LogP contribution in [0, 0.1) is 5.82 Å². The maximum atomic E-state index is 13.5. The van der Waals surface area contributed by atoms with Crippen LogP contribution < -0.4 is 0 Å². The Morgan fingerprint density at radius 3 is 2.21 bits per heavy atom. The van der Waals surface area contributed by atoms with Crippen LogP contribution in [-0.4, -0.2) is 51.8 Å². The molecule has 0 saturated heterocycles. The number of carboxylic acids is 2. The van der Waals surface area contributed by atoms with Crippen molar-refractivity contribution in [1.29, 1.82) is 0 Å². The maximum absolute atomic E-state index is 13.5. The quantitative estimate of drug-likeness (QED) is 0.419. The molecule has 2 aromatic carbocycles. The molecule has 0 unspecified atom stereocenters. The minimum absolute atomic E-state index is 0.00143. The summed E-state index contributed by atoms with van der Waals surface area (Å²) < 4.78 is 13.5. The fourth-order valence-corrected chi connectivity index (χ4v) is 4.64. The van der Waals surface area contributed by atoms with E-state index in [0.717, 1.165) is 62.9 Å². The van der Waals surface area contributed by atoms with Gasteiger partial charge >= 0.3 is 11.9 Å². The van der Waals surface area contributed by atoms with Gasteiger partial charge in [-0.1, -0.05) is 50.2 Å². The van der Waals surface area contributed by atoms with Gasteiger partial charge in [0.25, 0.3) is 0 Å². The van der Waals surface area contributed by atoms with E-state index in [1.807, 2.05) is 18.2 Å². The van der Waals surface area contributed by atoms with Gasteiger partial charge in [0.05, 0.1) is 5.60 Å². The largest absolute Gasteiger partial charge is 0.473 e. The average Bonchev–Trinajstić information content (AvgIpc) is 2.95. The normalized spacial score (nSPS) is 19.7. The van der Waals surface area contributed by atoms with Crippen LogP contribution in [0.5, 0.6) is 0 Å². The Bertz CT molecular complexity index is 901. The maximum Gasteiger partial charge on any atom is 0.414 e. The van der Waals surface area contributed by atoms with Gasteiger partial charge in [0.15, 0.2) is 0 Å². The molecule has 0 amide bonds. The minimum atomic E-state index is -1.82. The lowest BCUT2D eigenvalue weighted by Gasteiger charge is -2.37. The van der Waals surface area contributed by atoms with Crippen molar-refractivity contribution in [3.8, 4) is 0 Å². The highest BCUT2D eigenvalue weighted by molar-refractivity contribution is 6.27. The summed E-state index contributed by atoms with van der Waals surface area (Å²) in [7, 11) is 0. The first-order valence-corrected chi connectivity index (χ1v) is 11.5. The van der Waals surface area contributed by atoms with E-state index in [0.29, 0.717) is 0 Å². The zero-order valence-corrected chi connectivity index (χ0v) is 19.3. The van der Waals surface area contributed by atoms with Gasteiger partial charge in [-0.2, -0.15) is 0 Å². The zero-order chi connectivity index (χ0) is 24.4. The monoisotopic (exact) mass is 459 g/mol. The van der Waals surface area contributed by atoms with Crippen molar-refractivity contribution in [3.63, 3.8) is 0 Å². The van der Waals surface area contributed by atoms with Crippen molar-refractivity contribution in [2.75, 3.05) is 19.6 Å². The number of carboxylic acid groups (broad SMARTS) is 2. The first-order chi connectivity index (χ1) is 15.7. The highest BCUT2D eigenvalue weighted by Crippen LogP contribution is 2.47. The molecule has 1 aliphatic carbocycles. The number of hydrogen-bond donors (Lipinski definition) is 3. The molecule has 3 rings (SSSR count). The number of aliphatic carboxylic acids is 2. The third-order valence-electron chi connectivity index (χ3n) is 6.38. The lowest BCUT2D eigenvalue weighted by Crippen LogP contribution is -2.35. The molecule has 7 heteroatoms. The molecule has 0 saturated carbocycles. The summed E-state index contributed by atoms with van der Waals surface area (Å²) >= 11 is 0. The first kappa shape index (κ1) is 26.5. The fourth-order valence-electron chi connectivity index (χ4n) is 4.64. The van der Waals surface area contributed by atoms with Gasteiger partial charge in [0.2, 0.25) is 0 Å². The standard InChI is InChI=1S/C24H32FNO.C2H2O4/c1-3-26(4-2)18-8-17-24(27)22-11-6-5-9-19(22)10-7-12-23(24)20-13-15-21(25)16-14-20;3-1(4)2(5)6/h5-6,9,11,13-16,23,27H,3-4,7-8,10,12,17-18H2,1-2H3;(H,3,4)(H,5,6)/t23-,24-;/m1./s1. The minimum Gasteiger partial charge on any atom is -0.473 e. The molecule has 0 fully saturated rings. The van der Waals surface area contributed by atoms with Gasteiger partial charge in [-0.3, -0.25) is 0 Å². The predicted octanol–water partition coefficient (Wildman–Crippen LogP) is 4.41. The SMILES string of the molecule is CCN(CC)CCC[C@@]1(O)c2ccccc2CCC[C@@H]1c1ccc(F)cc1.O=C(O)C(=O)O. The second-order valence-electron chi connectivity index (χ2n) is 8.32. The zero-order valence-electron chi connectivity index (χ0n) is 19.3. The van der Waals surface area contributed by atoms with Crippen molar-refractivity contribution in [3.05, 3.63) is 71.0 Å². The van der Waals surface area contributed by atoms with Gasteiger partial charge in [0.1, 0.15) is 5.82 Å². The van der Waals surface area contributed by atoms with E-state index in [9.17, 15) is 9.50 Å². The Balaban J connectivity index is 0.000000569. The van der Waals surface area contributed by atoms with E-state index in [2.05, 4.69) is 36.9 Å². The van der Waals surface area contributed by atoms with E-state index in [4.69, 9.17) is 19.8 Å². The molecule has 0 bridgehead atoms. The number of rotatable bonds is 7. The highest BCUT2D eigenvalue weighted by atomic mass is 19.1. The number of carbonyl (C=O) groups is 2. The van der Waals surface area contributed by atoms with Crippen molar-refractivity contribution < 1.29 is 29.3 Å². The molecule has 0 spiro atoms. The second-order valence-corrected chi connectivity index (χ2v) is 8.32. The van der Waals surface area contributed by atoms with Gasteiger partial charge in [0, 0.05) is 5.92 Å². The van der Waals surface area contributed by atoms with Crippen LogP contribution in [0.3, 0.4) is 0 Å². The van der Waals surface area contributed by atoms with E-state index < -0.39 is 17.5 Å². The number of halogens is 1. The molecule has 6 nitrogen and oxygen atoms in total. The van der Waals surface area contributed by atoms with Crippen molar-refractivity contribution in [1.82, 2.24) is 4.90 Å². The molecule has 2 atom stereocenters. The average molecular weight is 460 g/mol. The molecule has 0 aliphatic heterocycles. The lowest BCUT2D eigenvalue weighted by molar-refractivity contribution is -0.159. The van der Waals surface area contributed by atoms with Crippen LogP contribution in [0.2, 0.25) is 0 Å². The fraction of sp³-hybridized carbons (Fsp3) is 0.462. The summed E-state index contributed by atoms with van der Waals surface area (Å²) in [5.74, 6) is -3.87. The molecule has 0 heterocycles. The van der Waals surface area contributed by atoms with Crippen LogP contribution >= 0.6 is 0 Å². The molecule has 2 aromatic rings. The first-order valence-electron chi connectivity index (χ1n) is 11.5. The molecule has 1 aliphatic rings. The summed E-state index contributed by atoms with van der Waals surface area (Å²) in [6.45, 7) is 7.42. The Morgan fingerprint density at radius 2 is 1.64 bits per heavy atom. The van der Waals surface area contributed by atoms with Crippen molar-refractivity contribution in [2.45, 2.75) is 57.5 Å². The summed E-state index contributed by atoms with van der Waals surface area (Å²) in [6.07, 6.45) is 4.62. The van der Waals surface area contributed by atoms with E-state index in [1.54, 1.807) is 0 Å². The third-order valence-corrected chi connectivity index (χ3v) is 6.38. The van der Waals surface area contributed by atoms with Crippen LogP contribution in [0.25, 0.3) is 0 Å². The van der Waals surface area contributed by atoms with Gasteiger partial charge < -0.3 is 20.2 Å². The summed E-state index contributed by atoms with van der Waals surface area (Å²) in [6, 6.07) is 15.1. The predicted molar refractivity (Wildman–Crippen MR) is 125 cm³/mol. The smallest absolute Gasteiger partial charge is 0.414 e. The van der Waals surface area contributed by atoms with Crippen LogP contribution in [-0.2, 0) is 21.6 Å². The number of aryl methyl sites for hydroxylation is 1. The Hall–Kier alpha value is -2.77. The molecule has 3 N–H and O–H groups in total. The summed E-state index contributed by atoms with van der Waals surface area (Å²) in [5, 5.41) is 26.8. The molecule has 33 heavy (non-hydrogen) atoms. The Morgan fingerprint density at radius 1 is 1.03 bits per heavy atom. The number of aliphatic hydroxyl groups is 1. The van der Waals surface area contributed by atoms with E-state index in [-0.39, 0.29) is 11.7 Å². The van der Waals surface area contributed by atoms with Gasteiger partial charge in [-0.15, -0.1) is 0 Å². The van der Waals surface area contributed by atoms with Crippen LogP contribution in [0.4, 0.5) is 4.39 Å². The van der Waals surface area contributed by atoms with Gasteiger partial charge in [-0.05, 0) is 80.6 Å². The molecule has 180 valence electrons. The Labute approximate surface area is 194 Å². The number of nitrogens with zero attached hydrogens (tertiary/aromatic N) is 1. The van der Waals surface area contributed by atoms with Crippen molar-refractivity contribution in [2.24, 2.45) is 0 Å². The van der Waals surface area contributed by atoms with Gasteiger partial charge in [-0.25, -0.2) is 14.0 Å². The molecule has 0 aromatic heterocycles. The number of fused-ring (bicyclic) bond motifs is 1. The highest BCUT2D eigenvalue weighted by Gasteiger charge is 2.41.